The Morgan fingerprint density at radius 3 is 2.69 bits per heavy atom. The first-order valence-electron chi connectivity index (χ1n) is 10.3. The van der Waals surface area contributed by atoms with Gasteiger partial charge in [0.25, 0.3) is 11.8 Å². The van der Waals surface area contributed by atoms with Crippen LogP contribution in [0, 0.1) is 13.8 Å². The highest BCUT2D eigenvalue weighted by Gasteiger charge is 2.28. The van der Waals surface area contributed by atoms with Gasteiger partial charge in [-0.25, -0.2) is 10.4 Å². The number of hydrogen-bond acceptors (Lipinski definition) is 6. The molecule has 0 radical (unpaired) electrons. The molecule has 1 aliphatic rings. The molecule has 2 aromatic heterocycles. The van der Waals surface area contributed by atoms with Gasteiger partial charge in [-0.1, -0.05) is 18.2 Å². The predicted molar refractivity (Wildman–Crippen MR) is 120 cm³/mol. The number of anilines is 1. The summed E-state index contributed by atoms with van der Waals surface area (Å²) >= 11 is 0. The lowest BCUT2D eigenvalue weighted by molar-refractivity contribution is 0.0950. The summed E-state index contributed by atoms with van der Waals surface area (Å²) in [5, 5.41) is 7.17. The van der Waals surface area contributed by atoms with Crippen LogP contribution in [-0.2, 0) is 6.42 Å². The minimum atomic E-state index is -0.369. The molecule has 8 heteroatoms. The van der Waals surface area contributed by atoms with Crippen LogP contribution in [0.2, 0.25) is 0 Å². The smallest absolute Gasteiger partial charge is 0.292 e. The number of amides is 2. The molecule has 2 heterocycles. The van der Waals surface area contributed by atoms with Crippen molar-refractivity contribution in [1.82, 2.24) is 10.4 Å². The molecule has 0 aliphatic heterocycles. The van der Waals surface area contributed by atoms with Crippen LogP contribution in [0.25, 0.3) is 0 Å². The normalized spacial score (nSPS) is 14.0. The van der Waals surface area contributed by atoms with Crippen LogP contribution in [0.1, 0.15) is 56.2 Å². The van der Waals surface area contributed by atoms with Gasteiger partial charge in [0.15, 0.2) is 5.76 Å². The van der Waals surface area contributed by atoms with Gasteiger partial charge in [-0.3, -0.25) is 9.59 Å². The molecular formula is C24H24N4O4. The summed E-state index contributed by atoms with van der Waals surface area (Å²) in [7, 11) is 1.51. The lowest BCUT2D eigenvalue weighted by atomic mass is 9.93. The molecule has 0 unspecified atom stereocenters. The molecule has 1 aliphatic carbocycles. The third kappa shape index (κ3) is 4.12. The zero-order chi connectivity index (χ0) is 22.7. The maximum atomic E-state index is 12.9. The fourth-order valence-corrected chi connectivity index (χ4v) is 3.79. The van der Waals surface area contributed by atoms with Crippen molar-refractivity contribution < 1.29 is 18.7 Å². The first-order chi connectivity index (χ1) is 15.5. The van der Waals surface area contributed by atoms with Crippen LogP contribution < -0.4 is 15.5 Å². The van der Waals surface area contributed by atoms with Gasteiger partial charge in [0.05, 0.1) is 18.4 Å². The van der Waals surface area contributed by atoms with Crippen LogP contribution in [0.4, 0.5) is 5.82 Å². The highest BCUT2D eigenvalue weighted by atomic mass is 16.5. The summed E-state index contributed by atoms with van der Waals surface area (Å²) in [6, 6.07) is 10.6. The van der Waals surface area contributed by atoms with E-state index >= 15 is 0 Å². The number of nitrogens with one attached hydrogen (secondary N) is 2. The largest absolute Gasteiger partial charge is 0.496 e. The molecule has 3 aromatic rings. The van der Waals surface area contributed by atoms with Gasteiger partial charge in [-0.05, 0) is 50.5 Å². The van der Waals surface area contributed by atoms with E-state index in [1.807, 2.05) is 26.0 Å². The second kappa shape index (κ2) is 9.05. The van der Waals surface area contributed by atoms with Crippen molar-refractivity contribution in [2.45, 2.75) is 33.1 Å². The summed E-state index contributed by atoms with van der Waals surface area (Å²) in [6.07, 6.45) is 3.80. The maximum Gasteiger partial charge on any atom is 0.292 e. The van der Waals surface area contributed by atoms with E-state index in [1.165, 1.54) is 7.11 Å². The number of carbonyl (C=O) groups excluding carboxylic acids is 2. The molecule has 1 aromatic carbocycles. The van der Waals surface area contributed by atoms with E-state index in [2.05, 4.69) is 20.8 Å². The lowest BCUT2D eigenvalue weighted by Crippen LogP contribution is -2.22. The van der Waals surface area contributed by atoms with E-state index in [1.54, 1.807) is 30.5 Å². The van der Waals surface area contributed by atoms with E-state index < -0.39 is 0 Å². The molecule has 4 rings (SSSR count). The van der Waals surface area contributed by atoms with E-state index in [0.717, 1.165) is 17.5 Å². The minimum absolute atomic E-state index is 0.228. The van der Waals surface area contributed by atoms with Crippen molar-refractivity contribution in [3.63, 3.8) is 0 Å². The molecule has 0 saturated carbocycles. The van der Waals surface area contributed by atoms with Gasteiger partial charge in [-0.2, -0.15) is 5.10 Å². The number of aromatic nitrogens is 1. The first-order valence-corrected chi connectivity index (χ1v) is 10.3. The standard InChI is InChI=1S/C24H24N4O4/c1-14-8-7-13-25-22(14)26-24(30)21-15(2)20-17(10-6-12-19(20)32-21)27-28-23(29)16-9-4-5-11-18(16)31-3/h4-5,7-9,11,13H,6,10,12H2,1-3H3,(H,28,29)(H,25,26,30)/b27-17+. The maximum absolute atomic E-state index is 12.9. The molecule has 0 fully saturated rings. The highest BCUT2D eigenvalue weighted by molar-refractivity contribution is 6.09. The minimum Gasteiger partial charge on any atom is -0.496 e. The fraction of sp³-hybridized carbons (Fsp3) is 0.250. The predicted octanol–water partition coefficient (Wildman–Crippen LogP) is 4.02. The summed E-state index contributed by atoms with van der Waals surface area (Å²) in [6.45, 7) is 3.70. The number of hydrogen-bond donors (Lipinski definition) is 2. The number of aryl methyl sites for hydroxylation is 2. The van der Waals surface area contributed by atoms with Crippen molar-refractivity contribution in [2.75, 3.05) is 12.4 Å². The molecule has 0 bridgehead atoms. The van der Waals surface area contributed by atoms with Gasteiger partial charge in [0, 0.05) is 23.7 Å². The zero-order valence-corrected chi connectivity index (χ0v) is 18.2. The Morgan fingerprint density at radius 2 is 1.91 bits per heavy atom. The third-order valence-corrected chi connectivity index (χ3v) is 5.42. The third-order valence-electron chi connectivity index (χ3n) is 5.42. The molecule has 0 saturated heterocycles. The van der Waals surface area contributed by atoms with Gasteiger partial charge in [0.2, 0.25) is 0 Å². The van der Waals surface area contributed by atoms with Crippen molar-refractivity contribution >= 4 is 23.3 Å². The number of methoxy groups -OCH3 is 1. The van der Waals surface area contributed by atoms with Crippen LogP contribution >= 0.6 is 0 Å². The van der Waals surface area contributed by atoms with E-state index in [4.69, 9.17) is 9.15 Å². The number of fused-ring (bicyclic) bond motifs is 1. The number of para-hydroxylation sites is 1. The lowest BCUT2D eigenvalue weighted by Gasteiger charge is -2.14. The Kier molecular flexibility index (Phi) is 6.02. The van der Waals surface area contributed by atoms with Crippen LogP contribution in [0.15, 0.2) is 52.1 Å². The number of ether oxygens (including phenoxy) is 1. The van der Waals surface area contributed by atoms with Gasteiger partial charge < -0.3 is 14.5 Å². The average Bonchev–Trinajstić information content (AvgIpc) is 3.16. The van der Waals surface area contributed by atoms with Crippen molar-refractivity contribution in [3.05, 3.63) is 76.4 Å². The van der Waals surface area contributed by atoms with Gasteiger partial charge >= 0.3 is 0 Å². The van der Waals surface area contributed by atoms with Crippen LogP contribution in [0.5, 0.6) is 5.75 Å². The van der Waals surface area contributed by atoms with Crippen molar-refractivity contribution in [1.29, 1.82) is 0 Å². The molecule has 2 amide bonds. The Balaban J connectivity index is 1.58. The summed E-state index contributed by atoms with van der Waals surface area (Å²) in [4.78, 5) is 29.7. The molecule has 2 N–H and O–H groups in total. The van der Waals surface area contributed by atoms with Gasteiger partial charge in [0.1, 0.15) is 17.3 Å². The Bertz CT molecular complexity index is 1210. The zero-order valence-electron chi connectivity index (χ0n) is 18.2. The molecule has 0 spiro atoms. The van der Waals surface area contributed by atoms with Crippen molar-refractivity contribution in [2.24, 2.45) is 5.10 Å². The molecular weight excluding hydrogens is 408 g/mol. The van der Waals surface area contributed by atoms with Crippen molar-refractivity contribution in [3.8, 4) is 5.75 Å². The highest BCUT2D eigenvalue weighted by Crippen LogP contribution is 2.30. The van der Waals surface area contributed by atoms with E-state index in [0.29, 0.717) is 47.0 Å². The van der Waals surface area contributed by atoms with Crippen LogP contribution in [-0.4, -0.2) is 29.6 Å². The number of carbonyl (C=O) groups is 2. The second-order valence-electron chi connectivity index (χ2n) is 7.53. The number of hydrazone groups is 1. The SMILES string of the molecule is COc1ccccc1C(=O)N/N=C1\CCCc2oc(C(=O)Nc3ncccc3C)c(C)c21. The number of pyridine rings is 1. The fourth-order valence-electron chi connectivity index (χ4n) is 3.79. The van der Waals surface area contributed by atoms with E-state index in [-0.39, 0.29) is 17.6 Å². The quantitative estimate of drug-likeness (QED) is 0.592. The summed E-state index contributed by atoms with van der Waals surface area (Å²) < 4.78 is 11.2. The molecule has 32 heavy (non-hydrogen) atoms. The topological polar surface area (TPSA) is 106 Å². The summed E-state index contributed by atoms with van der Waals surface area (Å²) in [5.74, 6) is 1.15. The van der Waals surface area contributed by atoms with Crippen LogP contribution in [0.3, 0.4) is 0 Å². The number of benzene rings is 1. The number of furan rings is 1. The molecule has 8 nitrogen and oxygen atoms in total. The molecule has 0 atom stereocenters. The first kappa shape index (κ1) is 21.3. The summed E-state index contributed by atoms with van der Waals surface area (Å²) in [5.41, 5.74) is 6.02. The monoisotopic (exact) mass is 432 g/mol. The van der Waals surface area contributed by atoms with E-state index in [9.17, 15) is 9.59 Å². The second-order valence-corrected chi connectivity index (χ2v) is 7.53. The Morgan fingerprint density at radius 1 is 1.09 bits per heavy atom. The number of rotatable bonds is 5. The Hall–Kier alpha value is -3.94. The average molecular weight is 432 g/mol. The number of nitrogens with zero attached hydrogens (tertiary/aromatic N) is 2. The van der Waals surface area contributed by atoms with Gasteiger partial charge in [-0.15, -0.1) is 0 Å². The Labute approximate surface area is 185 Å². The molecule has 164 valence electrons.